The van der Waals surface area contributed by atoms with Crippen LogP contribution in [0.5, 0.6) is 5.75 Å². The molecular formula is C21H15N3O4S2. The molecule has 1 aliphatic rings. The van der Waals surface area contributed by atoms with Gasteiger partial charge in [0, 0.05) is 24.0 Å². The van der Waals surface area contributed by atoms with Crippen LogP contribution in [0.4, 0.5) is 11.4 Å². The van der Waals surface area contributed by atoms with Crippen LogP contribution in [0.25, 0.3) is 11.8 Å². The second kappa shape index (κ2) is 8.13. The van der Waals surface area contributed by atoms with Crippen LogP contribution in [-0.4, -0.2) is 26.8 Å². The van der Waals surface area contributed by atoms with Crippen LogP contribution in [0.3, 0.4) is 0 Å². The number of para-hydroxylation sites is 2. The normalized spacial score (nSPS) is 15.1. The van der Waals surface area contributed by atoms with Crippen molar-refractivity contribution in [3.05, 3.63) is 87.6 Å². The van der Waals surface area contributed by atoms with Gasteiger partial charge in [0.15, 0.2) is 4.32 Å². The molecule has 9 heteroatoms. The fraction of sp³-hybridized carbons (Fsp3) is 0.0476. The zero-order chi connectivity index (χ0) is 21.3. The lowest BCUT2D eigenvalue weighted by molar-refractivity contribution is -0.384. The Morgan fingerprint density at radius 3 is 2.70 bits per heavy atom. The fourth-order valence-electron chi connectivity index (χ4n) is 3.13. The molecule has 7 nitrogen and oxygen atoms in total. The van der Waals surface area contributed by atoms with Gasteiger partial charge in [0.05, 0.1) is 28.3 Å². The topological polar surface area (TPSA) is 77.6 Å². The summed E-state index contributed by atoms with van der Waals surface area (Å²) in [6.45, 7) is 0. The average Bonchev–Trinajstić information content (AvgIpc) is 3.32. The van der Waals surface area contributed by atoms with Gasteiger partial charge in [-0.05, 0) is 36.4 Å². The summed E-state index contributed by atoms with van der Waals surface area (Å²) in [5, 5.41) is 11.1. The van der Waals surface area contributed by atoms with E-state index in [0.29, 0.717) is 32.0 Å². The fourth-order valence-corrected chi connectivity index (χ4v) is 4.40. The second-order valence-electron chi connectivity index (χ2n) is 6.27. The van der Waals surface area contributed by atoms with Gasteiger partial charge in [-0.25, -0.2) is 0 Å². The number of carbonyl (C=O) groups excluding carboxylic acids is 1. The molecule has 0 atom stereocenters. The number of thioether (sulfide) groups is 1. The summed E-state index contributed by atoms with van der Waals surface area (Å²) in [6.07, 6.45) is 3.51. The number of hydrogen-bond acceptors (Lipinski definition) is 6. The van der Waals surface area contributed by atoms with Gasteiger partial charge in [-0.1, -0.05) is 42.2 Å². The van der Waals surface area contributed by atoms with E-state index >= 15 is 0 Å². The summed E-state index contributed by atoms with van der Waals surface area (Å²) in [5.74, 6) is 0.302. The number of nitrogens with zero attached hydrogens (tertiary/aromatic N) is 3. The first-order chi connectivity index (χ1) is 14.5. The van der Waals surface area contributed by atoms with E-state index in [-0.39, 0.29) is 11.6 Å². The van der Waals surface area contributed by atoms with Gasteiger partial charge in [-0.3, -0.25) is 19.8 Å². The Morgan fingerprint density at radius 1 is 1.13 bits per heavy atom. The number of amides is 1. The molecule has 0 spiro atoms. The van der Waals surface area contributed by atoms with Crippen LogP contribution in [0.2, 0.25) is 0 Å². The summed E-state index contributed by atoms with van der Waals surface area (Å²) in [7, 11) is 1.54. The number of non-ortho nitro benzene ring substituents is 1. The van der Waals surface area contributed by atoms with Crippen LogP contribution in [0.15, 0.2) is 71.8 Å². The van der Waals surface area contributed by atoms with E-state index in [2.05, 4.69) is 0 Å². The Bertz CT molecular complexity index is 1200. The third kappa shape index (κ3) is 3.60. The van der Waals surface area contributed by atoms with Gasteiger partial charge in [-0.2, -0.15) is 0 Å². The van der Waals surface area contributed by atoms with E-state index in [0.717, 1.165) is 0 Å². The lowest BCUT2D eigenvalue weighted by Gasteiger charge is -2.17. The minimum Gasteiger partial charge on any atom is -0.495 e. The van der Waals surface area contributed by atoms with Crippen molar-refractivity contribution in [3.63, 3.8) is 0 Å². The number of ether oxygens (including phenoxy) is 1. The van der Waals surface area contributed by atoms with Crippen molar-refractivity contribution < 1.29 is 14.5 Å². The Balaban J connectivity index is 1.70. The van der Waals surface area contributed by atoms with Crippen molar-refractivity contribution in [1.82, 2.24) is 4.57 Å². The summed E-state index contributed by atoms with van der Waals surface area (Å²) in [6, 6.07) is 17.1. The molecule has 1 aromatic heterocycles. The van der Waals surface area contributed by atoms with Gasteiger partial charge in [0.1, 0.15) is 5.75 Å². The molecule has 1 aliphatic heterocycles. The molecule has 0 radical (unpaired) electrons. The molecule has 0 aliphatic carbocycles. The summed E-state index contributed by atoms with van der Waals surface area (Å²) in [4.78, 5) is 25.7. The molecule has 30 heavy (non-hydrogen) atoms. The number of thiocarbonyl (C=S) groups is 1. The third-order valence-electron chi connectivity index (χ3n) is 4.50. The highest BCUT2D eigenvalue weighted by atomic mass is 32.2. The molecule has 1 saturated heterocycles. The van der Waals surface area contributed by atoms with E-state index in [1.807, 2.05) is 24.3 Å². The van der Waals surface area contributed by atoms with Crippen LogP contribution < -0.4 is 9.64 Å². The van der Waals surface area contributed by atoms with E-state index < -0.39 is 4.92 Å². The maximum absolute atomic E-state index is 13.1. The van der Waals surface area contributed by atoms with Crippen LogP contribution >= 0.6 is 24.0 Å². The second-order valence-corrected chi connectivity index (χ2v) is 7.94. The number of rotatable bonds is 5. The Labute approximate surface area is 181 Å². The highest BCUT2D eigenvalue weighted by Gasteiger charge is 2.35. The maximum atomic E-state index is 13.1. The predicted molar refractivity (Wildman–Crippen MR) is 121 cm³/mol. The molecule has 0 unspecified atom stereocenters. The van der Waals surface area contributed by atoms with Gasteiger partial charge >= 0.3 is 0 Å². The Kier molecular flexibility index (Phi) is 5.39. The smallest absolute Gasteiger partial charge is 0.271 e. The molecule has 2 aromatic carbocycles. The van der Waals surface area contributed by atoms with Gasteiger partial charge in [0.2, 0.25) is 0 Å². The van der Waals surface area contributed by atoms with Gasteiger partial charge < -0.3 is 9.30 Å². The van der Waals surface area contributed by atoms with Crippen LogP contribution in [-0.2, 0) is 4.79 Å². The minimum absolute atomic E-state index is 0.00496. The van der Waals surface area contributed by atoms with E-state index in [9.17, 15) is 14.9 Å². The van der Waals surface area contributed by atoms with Gasteiger partial charge in [-0.15, -0.1) is 0 Å². The number of anilines is 1. The SMILES string of the molecule is COc1ccccc1N1C(=O)/C(=C/c2cccn2-c2cccc([N+](=O)[O-])c2)SC1=S. The molecule has 2 heterocycles. The Morgan fingerprint density at radius 2 is 1.93 bits per heavy atom. The standard InChI is InChI=1S/C21H15N3O4S2/c1-28-18-10-3-2-9-17(18)23-20(25)19(30-21(23)29)13-15-8-5-11-22(15)14-6-4-7-16(12-14)24(26)27/h2-13H,1H3/b19-13-. The monoisotopic (exact) mass is 437 g/mol. The van der Waals surface area contributed by atoms with E-state index in [1.165, 1.54) is 35.9 Å². The van der Waals surface area contributed by atoms with Crippen molar-refractivity contribution in [3.8, 4) is 11.4 Å². The number of benzene rings is 2. The lowest BCUT2D eigenvalue weighted by atomic mass is 10.2. The van der Waals surface area contributed by atoms with Gasteiger partial charge in [0.25, 0.3) is 11.6 Å². The molecule has 0 bridgehead atoms. The maximum Gasteiger partial charge on any atom is 0.271 e. The molecule has 0 saturated carbocycles. The molecule has 3 aromatic rings. The minimum atomic E-state index is -0.439. The number of nitro groups is 1. The first-order valence-electron chi connectivity index (χ1n) is 8.83. The molecule has 150 valence electrons. The summed E-state index contributed by atoms with van der Waals surface area (Å²) in [5.41, 5.74) is 1.91. The summed E-state index contributed by atoms with van der Waals surface area (Å²) < 4.78 is 7.55. The number of carbonyl (C=O) groups is 1. The number of hydrogen-bond donors (Lipinski definition) is 0. The molecule has 1 fully saturated rings. The Hall–Kier alpha value is -3.43. The van der Waals surface area contributed by atoms with Crippen molar-refractivity contribution in [2.75, 3.05) is 12.0 Å². The zero-order valence-corrected chi connectivity index (χ0v) is 17.4. The highest BCUT2D eigenvalue weighted by Crippen LogP contribution is 2.39. The van der Waals surface area contributed by atoms with E-state index in [1.54, 1.807) is 41.1 Å². The first-order valence-corrected chi connectivity index (χ1v) is 10.1. The van der Waals surface area contributed by atoms with Crippen molar-refractivity contribution in [2.24, 2.45) is 0 Å². The average molecular weight is 438 g/mol. The molecule has 0 N–H and O–H groups in total. The molecule has 4 rings (SSSR count). The lowest BCUT2D eigenvalue weighted by Crippen LogP contribution is -2.27. The number of methoxy groups -OCH3 is 1. The third-order valence-corrected chi connectivity index (χ3v) is 5.80. The zero-order valence-electron chi connectivity index (χ0n) is 15.7. The molecular weight excluding hydrogens is 422 g/mol. The number of nitro benzene ring substituents is 1. The number of aromatic nitrogens is 1. The predicted octanol–water partition coefficient (Wildman–Crippen LogP) is 4.80. The van der Waals surface area contributed by atoms with E-state index in [4.69, 9.17) is 17.0 Å². The highest BCUT2D eigenvalue weighted by molar-refractivity contribution is 8.27. The van der Waals surface area contributed by atoms with Crippen molar-refractivity contribution >= 4 is 51.7 Å². The summed E-state index contributed by atoms with van der Waals surface area (Å²) >= 11 is 6.64. The van der Waals surface area contributed by atoms with Crippen LogP contribution in [0, 0.1) is 10.1 Å². The largest absolute Gasteiger partial charge is 0.495 e. The first kappa shape index (κ1) is 19.9. The quantitative estimate of drug-likeness (QED) is 0.247. The van der Waals surface area contributed by atoms with Crippen LogP contribution in [0.1, 0.15) is 5.69 Å². The molecule has 1 amide bonds. The van der Waals surface area contributed by atoms with Crippen molar-refractivity contribution in [1.29, 1.82) is 0 Å². The van der Waals surface area contributed by atoms with Crippen molar-refractivity contribution in [2.45, 2.75) is 0 Å².